The highest BCUT2D eigenvalue weighted by molar-refractivity contribution is 5.41. The molecular weight excluding hydrogens is 226 g/mol. The Morgan fingerprint density at radius 2 is 2.11 bits per heavy atom. The zero-order chi connectivity index (χ0) is 12.8. The van der Waals surface area contributed by atoms with Crippen LogP contribution in [0.1, 0.15) is 17.4 Å². The van der Waals surface area contributed by atoms with E-state index in [0.717, 1.165) is 11.3 Å². The number of benzene rings is 1. The first-order valence-corrected chi connectivity index (χ1v) is 5.90. The largest absolute Gasteiger partial charge is 0.399 e. The van der Waals surface area contributed by atoms with Crippen LogP contribution in [0.5, 0.6) is 0 Å². The fourth-order valence-corrected chi connectivity index (χ4v) is 1.72. The van der Waals surface area contributed by atoms with Crippen LogP contribution >= 0.6 is 0 Å². The first-order chi connectivity index (χ1) is 8.75. The van der Waals surface area contributed by atoms with Crippen molar-refractivity contribution in [3.8, 4) is 0 Å². The van der Waals surface area contributed by atoms with Crippen LogP contribution in [0.3, 0.4) is 0 Å². The molecule has 1 atom stereocenters. The van der Waals surface area contributed by atoms with E-state index in [-0.39, 0.29) is 0 Å². The number of aliphatic hydroxyl groups excluding tert-OH is 1. The third kappa shape index (κ3) is 3.55. The van der Waals surface area contributed by atoms with Crippen molar-refractivity contribution in [3.63, 3.8) is 0 Å². The van der Waals surface area contributed by atoms with Crippen LogP contribution in [-0.2, 0) is 6.54 Å². The highest BCUT2D eigenvalue weighted by Gasteiger charge is 2.06. The molecule has 0 radical (unpaired) electrons. The lowest BCUT2D eigenvalue weighted by atomic mass is 10.1. The molecule has 0 fully saturated rings. The summed E-state index contributed by atoms with van der Waals surface area (Å²) < 4.78 is 0. The molecule has 0 aliphatic carbocycles. The van der Waals surface area contributed by atoms with Crippen molar-refractivity contribution in [2.24, 2.45) is 0 Å². The molecule has 0 spiro atoms. The van der Waals surface area contributed by atoms with Gasteiger partial charge in [0.1, 0.15) is 0 Å². The van der Waals surface area contributed by atoms with Crippen LogP contribution in [0.4, 0.5) is 5.69 Å². The molecule has 1 aromatic carbocycles. The lowest BCUT2D eigenvalue weighted by molar-refractivity contribution is 0.174. The number of nitrogens with zero attached hydrogens (tertiary/aromatic N) is 1. The summed E-state index contributed by atoms with van der Waals surface area (Å²) in [6.45, 7) is 1.11. The summed E-state index contributed by atoms with van der Waals surface area (Å²) in [5, 5.41) is 13.2. The zero-order valence-corrected chi connectivity index (χ0v) is 10.1. The molecule has 4 heteroatoms. The third-order valence-corrected chi connectivity index (χ3v) is 2.67. The Balaban J connectivity index is 1.83. The van der Waals surface area contributed by atoms with Crippen LogP contribution < -0.4 is 11.1 Å². The van der Waals surface area contributed by atoms with Gasteiger partial charge in [0.2, 0.25) is 0 Å². The van der Waals surface area contributed by atoms with E-state index in [1.807, 2.05) is 30.3 Å². The average molecular weight is 243 g/mol. The second kappa shape index (κ2) is 6.14. The van der Waals surface area contributed by atoms with Crippen molar-refractivity contribution in [2.75, 3.05) is 12.3 Å². The number of anilines is 1. The van der Waals surface area contributed by atoms with Crippen LogP contribution in [-0.4, -0.2) is 16.6 Å². The smallest absolute Gasteiger partial charge is 0.0915 e. The zero-order valence-electron chi connectivity index (χ0n) is 10.1. The molecule has 1 heterocycles. The summed E-state index contributed by atoms with van der Waals surface area (Å²) in [6, 6.07) is 13.1. The van der Waals surface area contributed by atoms with E-state index in [0.29, 0.717) is 18.8 Å². The molecule has 0 saturated heterocycles. The Morgan fingerprint density at radius 1 is 1.22 bits per heavy atom. The summed E-state index contributed by atoms with van der Waals surface area (Å²) >= 11 is 0. The molecule has 18 heavy (non-hydrogen) atoms. The van der Waals surface area contributed by atoms with E-state index in [4.69, 9.17) is 5.73 Å². The maximum absolute atomic E-state index is 9.98. The van der Waals surface area contributed by atoms with Crippen molar-refractivity contribution in [3.05, 3.63) is 59.9 Å². The minimum absolute atomic E-state index is 0.472. The molecular formula is C14H17N3O. The van der Waals surface area contributed by atoms with Crippen LogP contribution in [0, 0.1) is 0 Å². The van der Waals surface area contributed by atoms with Gasteiger partial charge in [-0.15, -0.1) is 0 Å². The van der Waals surface area contributed by atoms with Crippen molar-refractivity contribution in [2.45, 2.75) is 12.6 Å². The van der Waals surface area contributed by atoms with Gasteiger partial charge >= 0.3 is 0 Å². The van der Waals surface area contributed by atoms with Gasteiger partial charge in [0, 0.05) is 25.0 Å². The first kappa shape index (κ1) is 12.5. The number of pyridine rings is 1. The molecule has 1 aromatic heterocycles. The van der Waals surface area contributed by atoms with Crippen molar-refractivity contribution < 1.29 is 5.11 Å². The number of hydrogen-bond acceptors (Lipinski definition) is 4. The number of nitrogen functional groups attached to an aromatic ring is 1. The summed E-state index contributed by atoms with van der Waals surface area (Å²) in [4.78, 5) is 4.20. The predicted molar refractivity (Wildman–Crippen MR) is 71.8 cm³/mol. The highest BCUT2D eigenvalue weighted by Crippen LogP contribution is 2.14. The maximum Gasteiger partial charge on any atom is 0.0915 e. The maximum atomic E-state index is 9.98. The topological polar surface area (TPSA) is 71.2 Å². The minimum atomic E-state index is -0.558. The van der Waals surface area contributed by atoms with Gasteiger partial charge in [-0.25, -0.2) is 0 Å². The normalized spacial score (nSPS) is 12.3. The molecule has 4 N–H and O–H groups in total. The third-order valence-electron chi connectivity index (χ3n) is 2.67. The number of aliphatic hydroxyl groups is 1. The molecule has 0 saturated carbocycles. The molecule has 94 valence electrons. The van der Waals surface area contributed by atoms with E-state index in [2.05, 4.69) is 10.3 Å². The standard InChI is InChI=1S/C14H17N3O/c15-12-5-3-4-11(8-12)14(18)10-16-9-13-6-1-2-7-17-13/h1-8,14,16,18H,9-10,15H2. The fourth-order valence-electron chi connectivity index (χ4n) is 1.72. The van der Waals surface area contributed by atoms with Crippen LogP contribution in [0.2, 0.25) is 0 Å². The van der Waals surface area contributed by atoms with E-state index >= 15 is 0 Å². The van der Waals surface area contributed by atoms with Gasteiger partial charge in [-0.05, 0) is 29.8 Å². The summed E-state index contributed by atoms with van der Waals surface area (Å²) in [7, 11) is 0. The van der Waals surface area contributed by atoms with Gasteiger partial charge in [-0.1, -0.05) is 18.2 Å². The minimum Gasteiger partial charge on any atom is -0.399 e. The number of hydrogen-bond donors (Lipinski definition) is 3. The quantitative estimate of drug-likeness (QED) is 0.696. The number of nitrogens with one attached hydrogen (secondary N) is 1. The summed E-state index contributed by atoms with van der Waals surface area (Å²) in [5.41, 5.74) is 8.12. The molecule has 0 aliphatic rings. The van der Waals surface area contributed by atoms with E-state index in [9.17, 15) is 5.11 Å². The summed E-state index contributed by atoms with van der Waals surface area (Å²) in [5.74, 6) is 0. The van der Waals surface area contributed by atoms with Gasteiger partial charge in [-0.3, -0.25) is 4.98 Å². The average Bonchev–Trinajstić information content (AvgIpc) is 2.40. The van der Waals surface area contributed by atoms with E-state index < -0.39 is 6.10 Å². The second-order valence-corrected chi connectivity index (χ2v) is 4.14. The summed E-state index contributed by atoms with van der Waals surface area (Å²) in [6.07, 6.45) is 1.20. The Morgan fingerprint density at radius 3 is 2.83 bits per heavy atom. The molecule has 0 bridgehead atoms. The Kier molecular flexibility index (Phi) is 4.28. The predicted octanol–water partition coefficient (Wildman–Crippen LogP) is 1.49. The molecule has 2 aromatic rings. The lowest BCUT2D eigenvalue weighted by Crippen LogP contribution is -2.21. The van der Waals surface area contributed by atoms with Crippen molar-refractivity contribution in [1.29, 1.82) is 0 Å². The van der Waals surface area contributed by atoms with Gasteiger partial charge in [0.15, 0.2) is 0 Å². The van der Waals surface area contributed by atoms with Gasteiger partial charge < -0.3 is 16.2 Å². The van der Waals surface area contributed by atoms with Crippen LogP contribution in [0.15, 0.2) is 48.7 Å². The highest BCUT2D eigenvalue weighted by atomic mass is 16.3. The Labute approximate surface area is 106 Å². The SMILES string of the molecule is Nc1cccc(C(O)CNCc2ccccn2)c1. The number of aromatic nitrogens is 1. The Bertz CT molecular complexity index is 487. The van der Waals surface area contributed by atoms with Crippen molar-refractivity contribution in [1.82, 2.24) is 10.3 Å². The molecule has 1 unspecified atom stereocenters. The van der Waals surface area contributed by atoms with Crippen LogP contribution in [0.25, 0.3) is 0 Å². The van der Waals surface area contributed by atoms with Gasteiger partial charge in [0.25, 0.3) is 0 Å². The molecule has 0 amide bonds. The molecule has 4 nitrogen and oxygen atoms in total. The Hall–Kier alpha value is -1.91. The monoisotopic (exact) mass is 243 g/mol. The van der Waals surface area contributed by atoms with E-state index in [1.54, 1.807) is 18.3 Å². The van der Waals surface area contributed by atoms with Gasteiger partial charge in [-0.2, -0.15) is 0 Å². The first-order valence-electron chi connectivity index (χ1n) is 5.90. The fraction of sp³-hybridized carbons (Fsp3) is 0.214. The van der Waals surface area contributed by atoms with Crippen molar-refractivity contribution >= 4 is 5.69 Å². The molecule has 2 rings (SSSR count). The lowest BCUT2D eigenvalue weighted by Gasteiger charge is -2.12. The number of rotatable bonds is 5. The van der Waals surface area contributed by atoms with E-state index in [1.165, 1.54) is 0 Å². The number of nitrogens with two attached hydrogens (primary N) is 1. The van der Waals surface area contributed by atoms with Gasteiger partial charge in [0.05, 0.1) is 11.8 Å². The second-order valence-electron chi connectivity index (χ2n) is 4.14. The molecule has 0 aliphatic heterocycles.